The third-order valence-corrected chi connectivity index (χ3v) is 5.00. The van der Waals surface area contributed by atoms with Gasteiger partial charge in [-0.25, -0.2) is 4.39 Å². The molecule has 144 valence electrons. The van der Waals surface area contributed by atoms with Crippen LogP contribution in [0.25, 0.3) is 0 Å². The lowest BCUT2D eigenvalue weighted by Gasteiger charge is -2.32. The first-order chi connectivity index (χ1) is 12.3. The van der Waals surface area contributed by atoms with E-state index in [0.29, 0.717) is 24.0 Å². The fraction of sp³-hybridized carbons (Fsp3) is 0.579. The topological polar surface area (TPSA) is 92.9 Å². The second kappa shape index (κ2) is 8.98. The van der Waals surface area contributed by atoms with Crippen LogP contribution < -0.4 is 10.5 Å². The van der Waals surface area contributed by atoms with Crippen LogP contribution >= 0.6 is 0 Å². The lowest BCUT2D eigenvalue weighted by atomic mass is 9.85. The van der Waals surface area contributed by atoms with Crippen molar-refractivity contribution in [2.24, 2.45) is 5.73 Å². The van der Waals surface area contributed by atoms with Gasteiger partial charge in [-0.1, -0.05) is 6.07 Å². The summed E-state index contributed by atoms with van der Waals surface area (Å²) in [5.74, 6) is -2.04. The third-order valence-electron chi connectivity index (χ3n) is 5.00. The zero-order valence-corrected chi connectivity index (χ0v) is 15.3. The summed E-state index contributed by atoms with van der Waals surface area (Å²) in [6.45, 7) is 3.08. The Morgan fingerprint density at radius 3 is 2.54 bits per heavy atom. The van der Waals surface area contributed by atoms with Crippen molar-refractivity contribution in [2.45, 2.75) is 51.0 Å². The zero-order chi connectivity index (χ0) is 19.3. The molecule has 1 saturated heterocycles. The van der Waals surface area contributed by atoms with Gasteiger partial charge in [0.2, 0.25) is 5.91 Å². The van der Waals surface area contributed by atoms with Crippen LogP contribution in [0.2, 0.25) is 0 Å². The zero-order valence-electron chi connectivity index (χ0n) is 15.3. The number of hydrogen-bond acceptors (Lipinski definition) is 4. The molecule has 0 bridgehead atoms. The molecule has 0 aromatic heterocycles. The van der Waals surface area contributed by atoms with Crippen LogP contribution in [-0.2, 0) is 9.59 Å². The molecule has 1 aliphatic rings. The molecular formula is C19H27FN2O4. The number of methoxy groups -OCH3 is 1. The minimum atomic E-state index is -0.906. The van der Waals surface area contributed by atoms with Crippen molar-refractivity contribution in [1.29, 1.82) is 0 Å². The Labute approximate surface area is 153 Å². The summed E-state index contributed by atoms with van der Waals surface area (Å²) in [7, 11) is 1.39. The van der Waals surface area contributed by atoms with Crippen molar-refractivity contribution in [3.8, 4) is 5.75 Å². The SMILES string of the molecule is COc1cc(C(CCCC(N)=O)C(C(=O)O)N2CCCC2)cc(C)c1F. The summed E-state index contributed by atoms with van der Waals surface area (Å²) in [6.07, 6.45) is 3.08. The normalized spacial score (nSPS) is 17.0. The van der Waals surface area contributed by atoms with E-state index in [1.807, 2.05) is 4.90 Å². The molecule has 2 unspecified atom stereocenters. The Morgan fingerprint density at radius 1 is 1.35 bits per heavy atom. The Bertz CT molecular complexity index is 659. The number of nitrogens with zero attached hydrogens (tertiary/aromatic N) is 1. The molecule has 7 heteroatoms. The second-order valence-corrected chi connectivity index (χ2v) is 6.85. The minimum absolute atomic E-state index is 0.102. The van der Waals surface area contributed by atoms with Crippen LogP contribution in [-0.4, -0.2) is 48.1 Å². The van der Waals surface area contributed by atoms with E-state index in [9.17, 15) is 19.1 Å². The number of carbonyl (C=O) groups excluding carboxylic acids is 1. The van der Waals surface area contributed by atoms with Gasteiger partial charge in [0.1, 0.15) is 6.04 Å². The highest BCUT2D eigenvalue weighted by Crippen LogP contribution is 2.35. The van der Waals surface area contributed by atoms with Gasteiger partial charge in [-0.3, -0.25) is 14.5 Å². The average molecular weight is 366 g/mol. The van der Waals surface area contributed by atoms with Crippen molar-refractivity contribution in [3.63, 3.8) is 0 Å². The molecule has 1 amide bonds. The molecule has 6 nitrogen and oxygen atoms in total. The maximum absolute atomic E-state index is 14.2. The summed E-state index contributed by atoms with van der Waals surface area (Å²) >= 11 is 0. The molecule has 0 radical (unpaired) electrons. The van der Waals surface area contributed by atoms with Gasteiger partial charge in [0.05, 0.1) is 7.11 Å². The van der Waals surface area contributed by atoms with E-state index in [4.69, 9.17) is 10.5 Å². The number of rotatable bonds is 9. The molecule has 1 aliphatic heterocycles. The number of carboxylic acids is 1. The van der Waals surface area contributed by atoms with Crippen molar-refractivity contribution in [1.82, 2.24) is 4.90 Å². The number of likely N-dealkylation sites (tertiary alicyclic amines) is 1. The average Bonchev–Trinajstić information content (AvgIpc) is 3.09. The fourth-order valence-electron chi connectivity index (χ4n) is 3.73. The van der Waals surface area contributed by atoms with Crippen LogP contribution in [0.5, 0.6) is 5.75 Å². The second-order valence-electron chi connectivity index (χ2n) is 6.85. The van der Waals surface area contributed by atoms with Crippen molar-refractivity contribution in [2.75, 3.05) is 20.2 Å². The predicted octanol–water partition coefficient (Wildman–Crippen LogP) is 2.43. The summed E-state index contributed by atoms with van der Waals surface area (Å²) in [5, 5.41) is 9.89. The number of aryl methyl sites for hydroxylation is 1. The van der Waals surface area contributed by atoms with Gasteiger partial charge >= 0.3 is 5.97 Å². The van der Waals surface area contributed by atoms with Crippen LogP contribution in [0.4, 0.5) is 4.39 Å². The Hall–Kier alpha value is -2.15. The first kappa shape index (κ1) is 20.2. The van der Waals surface area contributed by atoms with E-state index in [-0.39, 0.29) is 18.1 Å². The number of nitrogens with two attached hydrogens (primary N) is 1. The molecule has 3 N–H and O–H groups in total. The quantitative estimate of drug-likeness (QED) is 0.700. The number of aliphatic carboxylic acids is 1. The van der Waals surface area contributed by atoms with Crippen LogP contribution in [0.3, 0.4) is 0 Å². The molecule has 1 heterocycles. The van der Waals surface area contributed by atoms with Gasteiger partial charge in [-0.2, -0.15) is 0 Å². The van der Waals surface area contributed by atoms with E-state index >= 15 is 0 Å². The summed E-state index contributed by atoms with van der Waals surface area (Å²) in [4.78, 5) is 25.1. The van der Waals surface area contributed by atoms with Crippen LogP contribution in [0.1, 0.15) is 49.1 Å². The smallest absolute Gasteiger partial charge is 0.321 e. The molecular weight excluding hydrogens is 339 g/mol. The number of hydrogen-bond donors (Lipinski definition) is 2. The number of primary amides is 1. The molecule has 0 aliphatic carbocycles. The predicted molar refractivity (Wildman–Crippen MR) is 95.7 cm³/mol. The first-order valence-electron chi connectivity index (χ1n) is 8.94. The summed E-state index contributed by atoms with van der Waals surface area (Å²) < 4.78 is 19.3. The maximum Gasteiger partial charge on any atom is 0.321 e. The molecule has 1 aromatic carbocycles. The number of carboxylic acid groups (broad SMARTS) is 1. The Kier molecular flexibility index (Phi) is 6.97. The van der Waals surface area contributed by atoms with Gasteiger partial charge in [-0.15, -0.1) is 0 Å². The lowest BCUT2D eigenvalue weighted by molar-refractivity contribution is -0.144. The highest BCUT2D eigenvalue weighted by Gasteiger charge is 2.36. The number of carbonyl (C=O) groups is 2. The van der Waals surface area contributed by atoms with Crippen molar-refractivity contribution >= 4 is 11.9 Å². The Morgan fingerprint density at radius 2 is 2.00 bits per heavy atom. The van der Waals surface area contributed by atoms with Gasteiger partial charge in [0, 0.05) is 12.3 Å². The van der Waals surface area contributed by atoms with Gasteiger partial charge in [0.25, 0.3) is 0 Å². The first-order valence-corrected chi connectivity index (χ1v) is 8.94. The van der Waals surface area contributed by atoms with Gasteiger partial charge in [-0.05, 0) is 62.9 Å². The number of ether oxygens (including phenoxy) is 1. The lowest BCUT2D eigenvalue weighted by Crippen LogP contribution is -2.44. The maximum atomic E-state index is 14.2. The van der Waals surface area contributed by atoms with E-state index < -0.39 is 23.7 Å². The standard InChI is InChI=1S/C19H27FN2O4/c1-12-10-13(11-15(26-2)17(12)20)14(6-5-7-16(21)23)18(19(24)25)22-8-3-4-9-22/h10-11,14,18H,3-9H2,1-2H3,(H2,21,23)(H,24,25). The molecule has 2 atom stereocenters. The van der Waals surface area contributed by atoms with Gasteiger partial charge < -0.3 is 15.6 Å². The number of benzene rings is 1. The highest BCUT2D eigenvalue weighted by atomic mass is 19.1. The van der Waals surface area contributed by atoms with E-state index in [2.05, 4.69) is 0 Å². The molecule has 1 aromatic rings. The van der Waals surface area contributed by atoms with Gasteiger partial charge in [0.15, 0.2) is 11.6 Å². The van der Waals surface area contributed by atoms with Crippen molar-refractivity contribution in [3.05, 3.63) is 29.1 Å². The summed E-state index contributed by atoms with van der Waals surface area (Å²) in [5.41, 5.74) is 6.35. The molecule has 0 saturated carbocycles. The van der Waals surface area contributed by atoms with E-state index in [1.165, 1.54) is 7.11 Å². The minimum Gasteiger partial charge on any atom is -0.494 e. The fourth-order valence-corrected chi connectivity index (χ4v) is 3.73. The van der Waals surface area contributed by atoms with Crippen molar-refractivity contribution < 1.29 is 23.8 Å². The van der Waals surface area contributed by atoms with Crippen LogP contribution in [0.15, 0.2) is 12.1 Å². The van der Waals surface area contributed by atoms with E-state index in [1.54, 1.807) is 19.1 Å². The molecule has 1 fully saturated rings. The number of amides is 1. The summed E-state index contributed by atoms with van der Waals surface area (Å²) in [6, 6.07) is 2.53. The molecule has 0 spiro atoms. The highest BCUT2D eigenvalue weighted by molar-refractivity contribution is 5.75. The third kappa shape index (κ3) is 4.72. The Balaban J connectivity index is 2.40. The van der Waals surface area contributed by atoms with Crippen LogP contribution in [0, 0.1) is 12.7 Å². The molecule has 26 heavy (non-hydrogen) atoms. The number of halogens is 1. The monoisotopic (exact) mass is 366 g/mol. The van der Waals surface area contributed by atoms with E-state index in [0.717, 1.165) is 25.9 Å². The molecule has 2 rings (SSSR count). The largest absolute Gasteiger partial charge is 0.494 e.